The molecule has 0 saturated carbocycles. The van der Waals surface area contributed by atoms with Crippen LogP contribution in [-0.4, -0.2) is 18.4 Å². The third-order valence-electron chi connectivity index (χ3n) is 3.54. The van der Waals surface area contributed by atoms with Crippen molar-refractivity contribution >= 4 is 17.3 Å². The molecule has 3 rings (SSSR count). The van der Waals surface area contributed by atoms with E-state index in [1.165, 1.54) is 0 Å². The van der Waals surface area contributed by atoms with E-state index in [1.807, 2.05) is 60.7 Å². The van der Waals surface area contributed by atoms with Gasteiger partial charge in [-0.3, -0.25) is 0 Å². The number of rotatable bonds is 4. The summed E-state index contributed by atoms with van der Waals surface area (Å²) in [7, 11) is 0. The van der Waals surface area contributed by atoms with Crippen LogP contribution in [0.3, 0.4) is 0 Å². The lowest BCUT2D eigenvalue weighted by Crippen LogP contribution is -2.40. The lowest BCUT2D eigenvalue weighted by atomic mass is 10.2. The Morgan fingerprint density at radius 3 is 1.88 bits per heavy atom. The molecule has 2 aromatic rings. The molecule has 24 heavy (non-hydrogen) atoms. The second-order valence-electron chi connectivity index (χ2n) is 5.91. The molecular weight excluding hydrogens is 304 g/mol. The molecule has 1 fully saturated rings. The third kappa shape index (κ3) is 3.94. The summed E-state index contributed by atoms with van der Waals surface area (Å²) in [5.41, 5.74) is 2.14. The maximum atomic E-state index is 12.4. The Balaban J connectivity index is 1.92. The monoisotopic (exact) mass is 324 g/mol. The number of esters is 1. The highest BCUT2D eigenvalue weighted by Gasteiger charge is 2.34. The third-order valence-corrected chi connectivity index (χ3v) is 3.54. The average Bonchev–Trinajstić information content (AvgIpc) is 2.55. The summed E-state index contributed by atoms with van der Waals surface area (Å²) in [6, 6.07) is 19.2. The molecule has 0 radical (unpaired) electrons. The first-order valence-corrected chi connectivity index (χ1v) is 7.78. The highest BCUT2D eigenvalue weighted by Crippen LogP contribution is 2.25. The maximum Gasteiger partial charge on any atom is 0.342 e. The van der Waals surface area contributed by atoms with E-state index in [0.29, 0.717) is 11.4 Å². The molecule has 1 aliphatic heterocycles. The molecule has 0 unspecified atom stereocenters. The molecule has 0 aliphatic carbocycles. The molecule has 1 saturated heterocycles. The maximum absolute atomic E-state index is 12.4. The van der Waals surface area contributed by atoms with Gasteiger partial charge in [0.15, 0.2) is 0 Å². The number of nitrogens with one attached hydrogen (secondary N) is 2. The zero-order valence-electron chi connectivity index (χ0n) is 13.7. The van der Waals surface area contributed by atoms with Gasteiger partial charge in [-0.15, -0.1) is 0 Å². The first kappa shape index (κ1) is 16.1. The van der Waals surface area contributed by atoms with E-state index in [4.69, 9.17) is 9.47 Å². The zero-order valence-corrected chi connectivity index (χ0v) is 13.7. The minimum Gasteiger partial charge on any atom is -0.430 e. The Bertz CT molecular complexity index is 696. The van der Waals surface area contributed by atoms with Crippen LogP contribution in [0.15, 0.2) is 72.1 Å². The SMILES string of the molecule is CC1(C)OCC(=C(Nc2ccccc2)Nc2ccccc2)C(=O)O1. The van der Waals surface area contributed by atoms with Gasteiger partial charge in [0.1, 0.15) is 11.4 Å². The van der Waals surface area contributed by atoms with Gasteiger partial charge in [0, 0.05) is 25.2 Å². The number of anilines is 2. The minimum atomic E-state index is -0.912. The van der Waals surface area contributed by atoms with E-state index in [9.17, 15) is 4.79 Å². The number of para-hydroxylation sites is 2. The van der Waals surface area contributed by atoms with Crippen molar-refractivity contribution in [3.05, 3.63) is 72.1 Å². The zero-order chi connectivity index (χ0) is 17.0. The van der Waals surface area contributed by atoms with Crippen molar-refractivity contribution in [2.24, 2.45) is 0 Å². The molecule has 1 heterocycles. The number of benzene rings is 2. The standard InChI is InChI=1S/C19H20N2O3/c1-19(2)23-13-16(18(22)24-19)17(20-14-9-5-3-6-10-14)21-15-11-7-4-8-12-15/h3-12,20-21H,13H2,1-2H3. The van der Waals surface area contributed by atoms with Crippen LogP contribution in [0.5, 0.6) is 0 Å². The molecule has 2 aromatic carbocycles. The number of hydrogen-bond donors (Lipinski definition) is 2. The summed E-state index contributed by atoms with van der Waals surface area (Å²) in [5.74, 6) is -0.758. The van der Waals surface area contributed by atoms with Crippen molar-refractivity contribution in [2.45, 2.75) is 19.6 Å². The summed E-state index contributed by atoms with van der Waals surface area (Å²) in [5, 5.41) is 6.49. The molecule has 124 valence electrons. The van der Waals surface area contributed by atoms with E-state index in [0.717, 1.165) is 11.4 Å². The Hall–Kier alpha value is -2.79. The Labute approximate surface area is 141 Å². The average molecular weight is 324 g/mol. The summed E-state index contributed by atoms with van der Waals surface area (Å²) in [6.07, 6.45) is 0. The van der Waals surface area contributed by atoms with Crippen LogP contribution < -0.4 is 10.6 Å². The molecule has 0 atom stereocenters. The molecule has 5 nitrogen and oxygen atoms in total. The van der Waals surface area contributed by atoms with Crippen LogP contribution in [0.4, 0.5) is 11.4 Å². The van der Waals surface area contributed by atoms with Crippen LogP contribution in [0, 0.1) is 0 Å². The molecule has 0 amide bonds. The van der Waals surface area contributed by atoms with Gasteiger partial charge in [0.25, 0.3) is 0 Å². The van der Waals surface area contributed by atoms with Gasteiger partial charge in [0.05, 0.1) is 6.61 Å². The summed E-state index contributed by atoms with van der Waals surface area (Å²) >= 11 is 0. The second-order valence-corrected chi connectivity index (χ2v) is 5.91. The van der Waals surface area contributed by atoms with Crippen LogP contribution in [0.1, 0.15) is 13.8 Å². The van der Waals surface area contributed by atoms with Gasteiger partial charge in [-0.1, -0.05) is 36.4 Å². The van der Waals surface area contributed by atoms with Crippen molar-refractivity contribution in [1.82, 2.24) is 0 Å². The lowest BCUT2D eigenvalue weighted by molar-refractivity contribution is -0.223. The van der Waals surface area contributed by atoms with E-state index in [1.54, 1.807) is 13.8 Å². The van der Waals surface area contributed by atoms with Gasteiger partial charge in [-0.05, 0) is 24.3 Å². The molecule has 0 bridgehead atoms. The molecule has 2 N–H and O–H groups in total. The van der Waals surface area contributed by atoms with Gasteiger partial charge in [0.2, 0.25) is 5.79 Å². The van der Waals surface area contributed by atoms with Gasteiger partial charge < -0.3 is 20.1 Å². The molecule has 5 heteroatoms. The van der Waals surface area contributed by atoms with E-state index < -0.39 is 11.8 Å². The van der Waals surface area contributed by atoms with E-state index in [-0.39, 0.29) is 6.61 Å². The smallest absolute Gasteiger partial charge is 0.342 e. The van der Waals surface area contributed by atoms with Gasteiger partial charge in [-0.25, -0.2) is 4.79 Å². The highest BCUT2D eigenvalue weighted by molar-refractivity contribution is 5.92. The summed E-state index contributed by atoms with van der Waals surface area (Å²) < 4.78 is 11.0. The van der Waals surface area contributed by atoms with E-state index in [2.05, 4.69) is 10.6 Å². The fraction of sp³-hybridized carbons (Fsp3) is 0.211. The molecular formula is C19H20N2O3. The molecule has 1 aliphatic rings. The van der Waals surface area contributed by atoms with Crippen molar-refractivity contribution < 1.29 is 14.3 Å². The van der Waals surface area contributed by atoms with Crippen LogP contribution >= 0.6 is 0 Å². The predicted octanol–water partition coefficient (Wildman–Crippen LogP) is 3.73. The predicted molar refractivity (Wildman–Crippen MR) is 93.3 cm³/mol. The number of hydrogen-bond acceptors (Lipinski definition) is 5. The largest absolute Gasteiger partial charge is 0.430 e. The Kier molecular flexibility index (Phi) is 4.53. The van der Waals surface area contributed by atoms with Crippen molar-refractivity contribution in [3.8, 4) is 0 Å². The number of ether oxygens (including phenoxy) is 2. The molecule has 0 spiro atoms. The summed E-state index contributed by atoms with van der Waals surface area (Å²) in [4.78, 5) is 12.4. The normalized spacial score (nSPS) is 16.2. The molecule has 0 aromatic heterocycles. The lowest BCUT2D eigenvalue weighted by Gasteiger charge is -2.32. The van der Waals surface area contributed by atoms with Crippen molar-refractivity contribution in [3.63, 3.8) is 0 Å². The Morgan fingerprint density at radius 1 is 0.917 bits per heavy atom. The van der Waals surface area contributed by atoms with Gasteiger partial charge >= 0.3 is 5.97 Å². The second kappa shape index (κ2) is 6.76. The van der Waals surface area contributed by atoms with Crippen molar-refractivity contribution in [2.75, 3.05) is 17.2 Å². The first-order chi connectivity index (χ1) is 11.5. The van der Waals surface area contributed by atoms with Crippen LogP contribution in [0.2, 0.25) is 0 Å². The van der Waals surface area contributed by atoms with Crippen LogP contribution in [0.25, 0.3) is 0 Å². The number of carbonyl (C=O) groups excluding carboxylic acids is 1. The quantitative estimate of drug-likeness (QED) is 0.663. The van der Waals surface area contributed by atoms with Gasteiger partial charge in [-0.2, -0.15) is 0 Å². The van der Waals surface area contributed by atoms with Crippen LogP contribution in [-0.2, 0) is 14.3 Å². The number of cyclic esters (lactones) is 1. The number of carbonyl (C=O) groups is 1. The topological polar surface area (TPSA) is 59.6 Å². The first-order valence-electron chi connectivity index (χ1n) is 7.78. The fourth-order valence-electron chi connectivity index (χ4n) is 2.31. The summed E-state index contributed by atoms with van der Waals surface area (Å²) in [6.45, 7) is 3.61. The van der Waals surface area contributed by atoms with Crippen molar-refractivity contribution in [1.29, 1.82) is 0 Å². The minimum absolute atomic E-state index is 0.167. The highest BCUT2D eigenvalue weighted by atomic mass is 16.7. The van der Waals surface area contributed by atoms with E-state index >= 15 is 0 Å². The Morgan fingerprint density at radius 2 is 1.42 bits per heavy atom. The fourth-order valence-corrected chi connectivity index (χ4v) is 2.31.